The second kappa shape index (κ2) is 7.26. The van der Waals surface area contributed by atoms with Crippen molar-refractivity contribution in [1.29, 1.82) is 0 Å². The van der Waals surface area contributed by atoms with Crippen LogP contribution in [0, 0.1) is 0 Å². The van der Waals surface area contributed by atoms with Gasteiger partial charge in [0.2, 0.25) is 5.83 Å². The van der Waals surface area contributed by atoms with Gasteiger partial charge in [-0.05, 0) is 35.4 Å². The Morgan fingerprint density at radius 2 is 1.55 bits per heavy atom. The third-order valence-electron chi connectivity index (χ3n) is 2.86. The number of phenolic OH excluding ortho intramolecular Hbond substituents is 1. The van der Waals surface area contributed by atoms with Crippen LogP contribution >= 0.6 is 0 Å². The van der Waals surface area contributed by atoms with Gasteiger partial charge in [-0.3, -0.25) is 0 Å². The van der Waals surface area contributed by atoms with E-state index in [0.717, 1.165) is 11.1 Å². The molecule has 0 fully saturated rings. The number of hydrogen-bond donors (Lipinski definition) is 1. The molecule has 0 aliphatic carbocycles. The van der Waals surface area contributed by atoms with Crippen molar-refractivity contribution in [2.24, 2.45) is 0 Å². The van der Waals surface area contributed by atoms with Crippen LogP contribution in [0.5, 0.6) is 11.5 Å². The molecule has 4 nitrogen and oxygen atoms in total. The zero-order valence-corrected chi connectivity index (χ0v) is 11.8. The van der Waals surface area contributed by atoms with E-state index in [1.165, 1.54) is 0 Å². The van der Waals surface area contributed by atoms with Crippen LogP contribution < -0.4 is 4.74 Å². The van der Waals surface area contributed by atoms with Crippen molar-refractivity contribution in [3.63, 3.8) is 0 Å². The molecule has 0 bridgehead atoms. The summed E-state index contributed by atoms with van der Waals surface area (Å²) in [5.41, 5.74) is 1.95. The molecule has 22 heavy (non-hydrogen) atoms. The minimum absolute atomic E-state index is 0.0541. The van der Waals surface area contributed by atoms with Crippen molar-refractivity contribution in [1.82, 2.24) is 0 Å². The Morgan fingerprint density at radius 3 is 2.09 bits per heavy atom. The summed E-state index contributed by atoms with van der Waals surface area (Å²) in [6.07, 6.45) is 0. The summed E-state index contributed by atoms with van der Waals surface area (Å²) in [5, 5.41) is 9.26. The van der Waals surface area contributed by atoms with Gasteiger partial charge in [-0.2, -0.15) is 4.39 Å². The summed E-state index contributed by atoms with van der Waals surface area (Å²) in [4.78, 5) is 10.8. The van der Waals surface area contributed by atoms with Crippen molar-refractivity contribution in [2.75, 3.05) is 13.2 Å². The average Bonchev–Trinajstić information content (AvgIpc) is 2.52. The molecule has 5 heteroatoms. The fourth-order valence-electron chi connectivity index (χ4n) is 1.77. The largest absolute Gasteiger partial charge is 0.508 e. The van der Waals surface area contributed by atoms with Gasteiger partial charge >= 0.3 is 5.97 Å². The molecule has 0 aliphatic rings. The summed E-state index contributed by atoms with van der Waals surface area (Å²) in [6.45, 7) is 2.91. The SMILES string of the molecule is C=C(F)C(=O)OCCOc1ccc(-c2ccc(O)cc2)cc1. The lowest BCUT2D eigenvalue weighted by Crippen LogP contribution is -2.12. The smallest absolute Gasteiger partial charge is 0.366 e. The second-order valence-electron chi connectivity index (χ2n) is 4.46. The summed E-state index contributed by atoms with van der Waals surface area (Å²) in [7, 11) is 0. The van der Waals surface area contributed by atoms with E-state index < -0.39 is 11.8 Å². The molecule has 0 atom stereocenters. The zero-order chi connectivity index (χ0) is 15.9. The highest BCUT2D eigenvalue weighted by atomic mass is 19.1. The number of carbonyl (C=O) groups excluding carboxylic acids is 1. The molecule has 0 unspecified atom stereocenters. The lowest BCUT2D eigenvalue weighted by Gasteiger charge is -2.08. The van der Waals surface area contributed by atoms with Crippen LogP contribution in [0.15, 0.2) is 60.9 Å². The number of aromatic hydroxyl groups is 1. The predicted molar refractivity (Wildman–Crippen MR) is 80.2 cm³/mol. The van der Waals surface area contributed by atoms with Gasteiger partial charge in [-0.25, -0.2) is 4.79 Å². The highest BCUT2D eigenvalue weighted by Crippen LogP contribution is 2.24. The fraction of sp³-hybridized carbons (Fsp3) is 0.118. The summed E-state index contributed by atoms with van der Waals surface area (Å²) >= 11 is 0. The maximum Gasteiger partial charge on any atom is 0.366 e. The first-order valence-corrected chi connectivity index (χ1v) is 6.60. The van der Waals surface area contributed by atoms with Crippen LogP contribution in [0.4, 0.5) is 4.39 Å². The highest BCUT2D eigenvalue weighted by Gasteiger charge is 2.06. The Morgan fingerprint density at radius 1 is 1.00 bits per heavy atom. The van der Waals surface area contributed by atoms with Crippen LogP contribution in [0.1, 0.15) is 0 Å². The molecular weight excluding hydrogens is 287 g/mol. The number of halogens is 1. The fourth-order valence-corrected chi connectivity index (χ4v) is 1.77. The number of carbonyl (C=O) groups is 1. The molecule has 1 N–H and O–H groups in total. The first-order valence-electron chi connectivity index (χ1n) is 6.60. The number of rotatable bonds is 6. The maximum absolute atomic E-state index is 12.4. The van der Waals surface area contributed by atoms with E-state index in [4.69, 9.17) is 4.74 Å². The molecule has 0 amide bonds. The minimum atomic E-state index is -1.13. The monoisotopic (exact) mass is 302 g/mol. The number of esters is 1. The lowest BCUT2D eigenvalue weighted by molar-refractivity contribution is -0.141. The van der Waals surface area contributed by atoms with Gasteiger partial charge < -0.3 is 14.6 Å². The van der Waals surface area contributed by atoms with E-state index in [1.807, 2.05) is 24.3 Å². The quantitative estimate of drug-likeness (QED) is 0.504. The summed E-state index contributed by atoms with van der Waals surface area (Å²) in [5.74, 6) is -1.38. The molecule has 0 aliphatic heterocycles. The molecule has 0 saturated heterocycles. The summed E-state index contributed by atoms with van der Waals surface area (Å²) in [6, 6.07) is 14.2. The lowest BCUT2D eigenvalue weighted by atomic mass is 10.1. The van der Waals surface area contributed by atoms with Gasteiger partial charge in [0.05, 0.1) is 0 Å². The van der Waals surface area contributed by atoms with Crippen LogP contribution in [-0.4, -0.2) is 24.3 Å². The molecule has 2 aromatic rings. The highest BCUT2D eigenvalue weighted by molar-refractivity contribution is 5.85. The van der Waals surface area contributed by atoms with Gasteiger partial charge in [0, 0.05) is 0 Å². The van der Waals surface area contributed by atoms with Crippen LogP contribution in [-0.2, 0) is 9.53 Å². The van der Waals surface area contributed by atoms with E-state index in [0.29, 0.717) is 5.75 Å². The topological polar surface area (TPSA) is 55.8 Å². The Labute approximate surface area is 127 Å². The van der Waals surface area contributed by atoms with Crippen LogP contribution in [0.3, 0.4) is 0 Å². The van der Waals surface area contributed by atoms with E-state index in [2.05, 4.69) is 11.3 Å². The van der Waals surface area contributed by atoms with E-state index in [-0.39, 0.29) is 19.0 Å². The predicted octanol–water partition coefficient (Wildman–Crippen LogP) is 3.46. The van der Waals surface area contributed by atoms with Gasteiger partial charge in [0.15, 0.2) is 0 Å². The van der Waals surface area contributed by atoms with Gasteiger partial charge in [0.25, 0.3) is 0 Å². The normalized spacial score (nSPS) is 10.0. The maximum atomic E-state index is 12.4. The van der Waals surface area contributed by atoms with E-state index in [9.17, 15) is 14.3 Å². The Kier molecular flexibility index (Phi) is 5.14. The Hall–Kier alpha value is -2.82. The van der Waals surface area contributed by atoms with Crippen molar-refractivity contribution in [3.8, 4) is 22.6 Å². The number of hydrogen-bond acceptors (Lipinski definition) is 4. The van der Waals surface area contributed by atoms with Crippen molar-refractivity contribution in [3.05, 3.63) is 60.9 Å². The molecule has 0 heterocycles. The molecule has 0 aromatic heterocycles. The van der Waals surface area contributed by atoms with E-state index >= 15 is 0 Å². The first-order chi connectivity index (χ1) is 10.6. The molecular formula is C17H15FO4. The van der Waals surface area contributed by atoms with Crippen LogP contribution in [0.2, 0.25) is 0 Å². The van der Waals surface area contributed by atoms with Gasteiger partial charge in [-0.15, -0.1) is 0 Å². The first kappa shape index (κ1) is 15.6. The Bertz CT molecular complexity index is 647. The standard InChI is InChI=1S/C17H15FO4/c1-12(18)17(20)22-11-10-21-16-8-4-14(5-9-16)13-2-6-15(19)7-3-13/h2-9,19H,1,10-11H2. The average molecular weight is 302 g/mol. The van der Waals surface area contributed by atoms with Gasteiger partial charge in [0.1, 0.15) is 24.7 Å². The van der Waals surface area contributed by atoms with E-state index in [1.54, 1.807) is 24.3 Å². The Balaban J connectivity index is 1.86. The number of ether oxygens (including phenoxy) is 2. The van der Waals surface area contributed by atoms with Gasteiger partial charge in [-0.1, -0.05) is 30.8 Å². The summed E-state index contributed by atoms with van der Waals surface area (Å²) < 4.78 is 22.3. The second-order valence-corrected chi connectivity index (χ2v) is 4.46. The third kappa shape index (κ3) is 4.34. The molecule has 0 saturated carbocycles. The molecule has 114 valence electrons. The molecule has 0 radical (unpaired) electrons. The van der Waals surface area contributed by atoms with Crippen molar-refractivity contribution < 1.29 is 23.8 Å². The minimum Gasteiger partial charge on any atom is -0.508 e. The number of benzene rings is 2. The molecule has 2 rings (SSSR count). The molecule has 0 spiro atoms. The van der Waals surface area contributed by atoms with Crippen molar-refractivity contribution >= 4 is 5.97 Å². The zero-order valence-electron chi connectivity index (χ0n) is 11.8. The van der Waals surface area contributed by atoms with Crippen molar-refractivity contribution in [2.45, 2.75) is 0 Å². The number of phenols is 1. The third-order valence-corrected chi connectivity index (χ3v) is 2.86. The molecule has 2 aromatic carbocycles. The van der Waals surface area contributed by atoms with Crippen LogP contribution in [0.25, 0.3) is 11.1 Å².